The van der Waals surface area contributed by atoms with E-state index in [-0.39, 0.29) is 0 Å². The lowest BCUT2D eigenvalue weighted by molar-refractivity contribution is 0.604. The van der Waals surface area contributed by atoms with Crippen molar-refractivity contribution in [3.05, 3.63) is 30.3 Å². The minimum Gasteiger partial charge on any atom is -0.224 e. The third-order valence-electron chi connectivity index (χ3n) is 2.00. The number of hydrogen-bond acceptors (Lipinski definition) is 4. The van der Waals surface area contributed by atoms with Crippen LogP contribution in [0.25, 0.3) is 11.4 Å². The summed E-state index contributed by atoms with van der Waals surface area (Å²) < 4.78 is 1.64. The average Bonchev–Trinajstić information content (AvgIpc) is 2.75. The van der Waals surface area contributed by atoms with Crippen molar-refractivity contribution < 1.29 is 0 Å². The van der Waals surface area contributed by atoms with Gasteiger partial charge in [0.2, 0.25) is 0 Å². The van der Waals surface area contributed by atoms with Crippen molar-refractivity contribution in [1.29, 1.82) is 5.26 Å². The minimum absolute atomic E-state index is 0.408. The normalized spacial score (nSPS) is 9.80. The fraction of sp³-hybridized carbons (Fsp3) is 0.200. The minimum atomic E-state index is 0.408. The van der Waals surface area contributed by atoms with Gasteiger partial charge in [-0.3, -0.25) is 0 Å². The first kappa shape index (κ1) is 9.34. The molecule has 1 aromatic heterocycles. The molecule has 0 bridgehead atoms. The number of nitriles is 1. The van der Waals surface area contributed by atoms with Crippen LogP contribution in [0.1, 0.15) is 6.42 Å². The van der Waals surface area contributed by atoms with Crippen molar-refractivity contribution >= 4 is 0 Å². The van der Waals surface area contributed by atoms with Gasteiger partial charge in [0.15, 0.2) is 5.82 Å². The molecule has 0 spiro atoms. The zero-order valence-electron chi connectivity index (χ0n) is 8.04. The molecule has 2 rings (SSSR count). The second-order valence-electron chi connectivity index (χ2n) is 3.00. The third kappa shape index (κ3) is 1.99. The van der Waals surface area contributed by atoms with E-state index in [0.29, 0.717) is 18.8 Å². The van der Waals surface area contributed by atoms with Gasteiger partial charge in [0.25, 0.3) is 0 Å². The Labute approximate surface area is 87.0 Å². The van der Waals surface area contributed by atoms with Crippen LogP contribution in [0, 0.1) is 11.3 Å². The molecule has 0 saturated heterocycles. The monoisotopic (exact) mass is 199 g/mol. The van der Waals surface area contributed by atoms with E-state index in [4.69, 9.17) is 5.26 Å². The highest BCUT2D eigenvalue weighted by Crippen LogP contribution is 2.14. The predicted octanol–water partition coefficient (Wildman–Crippen LogP) is 1.25. The molecule has 0 aliphatic rings. The Kier molecular flexibility index (Phi) is 2.70. The van der Waals surface area contributed by atoms with Crippen molar-refractivity contribution in [3.63, 3.8) is 0 Å². The maximum absolute atomic E-state index is 8.49. The highest BCUT2D eigenvalue weighted by molar-refractivity contribution is 5.53. The number of tetrazole rings is 1. The number of aryl methyl sites for hydroxylation is 1. The molecule has 0 N–H and O–H groups in total. The summed E-state index contributed by atoms with van der Waals surface area (Å²) in [6.07, 6.45) is 0.408. The lowest BCUT2D eigenvalue weighted by atomic mass is 10.2. The first-order valence-corrected chi connectivity index (χ1v) is 4.60. The Balaban J connectivity index is 2.30. The van der Waals surface area contributed by atoms with Crippen LogP contribution in [0.5, 0.6) is 0 Å². The van der Waals surface area contributed by atoms with Crippen LogP contribution in [0.2, 0.25) is 0 Å². The van der Waals surface area contributed by atoms with Gasteiger partial charge in [-0.2, -0.15) is 5.26 Å². The molecule has 1 aromatic carbocycles. The van der Waals surface area contributed by atoms with Crippen LogP contribution < -0.4 is 0 Å². The van der Waals surface area contributed by atoms with E-state index in [2.05, 4.69) is 21.6 Å². The molecule has 0 aliphatic heterocycles. The van der Waals surface area contributed by atoms with Crippen molar-refractivity contribution in [1.82, 2.24) is 20.2 Å². The topological polar surface area (TPSA) is 67.4 Å². The molecular weight excluding hydrogens is 190 g/mol. The molecule has 0 amide bonds. The first-order valence-electron chi connectivity index (χ1n) is 4.60. The zero-order valence-corrected chi connectivity index (χ0v) is 8.04. The molecule has 5 nitrogen and oxygen atoms in total. The lowest BCUT2D eigenvalue weighted by Crippen LogP contribution is -2.02. The molecule has 0 unspecified atom stereocenters. The predicted molar refractivity (Wildman–Crippen MR) is 53.5 cm³/mol. The van der Waals surface area contributed by atoms with E-state index in [9.17, 15) is 0 Å². The lowest BCUT2D eigenvalue weighted by Gasteiger charge is -2.00. The van der Waals surface area contributed by atoms with Gasteiger partial charge in [-0.15, -0.1) is 5.10 Å². The van der Waals surface area contributed by atoms with E-state index in [1.54, 1.807) is 4.68 Å². The average molecular weight is 199 g/mol. The maximum atomic E-state index is 8.49. The van der Waals surface area contributed by atoms with Gasteiger partial charge in [0.1, 0.15) is 0 Å². The van der Waals surface area contributed by atoms with Gasteiger partial charge in [0, 0.05) is 5.56 Å². The second-order valence-corrected chi connectivity index (χ2v) is 3.00. The SMILES string of the molecule is N#CCCn1nnnc1-c1ccccc1. The van der Waals surface area contributed by atoms with Gasteiger partial charge in [-0.25, -0.2) is 4.68 Å². The van der Waals surface area contributed by atoms with Crippen LogP contribution in [-0.4, -0.2) is 20.2 Å². The fourth-order valence-electron chi connectivity index (χ4n) is 1.31. The largest absolute Gasteiger partial charge is 0.224 e. The first-order chi connectivity index (χ1) is 7.42. The molecule has 2 aromatic rings. The molecule has 0 fully saturated rings. The van der Waals surface area contributed by atoms with E-state index in [1.165, 1.54) is 0 Å². The molecule has 0 atom stereocenters. The van der Waals surface area contributed by atoms with Crippen LogP contribution in [-0.2, 0) is 6.54 Å². The summed E-state index contributed by atoms with van der Waals surface area (Å²) in [6.45, 7) is 0.522. The molecule has 74 valence electrons. The summed E-state index contributed by atoms with van der Waals surface area (Å²) in [7, 11) is 0. The Hall–Kier alpha value is -2.22. The molecule has 1 heterocycles. The van der Waals surface area contributed by atoms with Gasteiger partial charge >= 0.3 is 0 Å². The Morgan fingerprint density at radius 2 is 2.07 bits per heavy atom. The second kappa shape index (κ2) is 4.33. The molecule has 15 heavy (non-hydrogen) atoms. The highest BCUT2D eigenvalue weighted by Gasteiger charge is 2.06. The molecule has 0 aliphatic carbocycles. The van der Waals surface area contributed by atoms with Crippen LogP contribution in [0.4, 0.5) is 0 Å². The fourth-order valence-corrected chi connectivity index (χ4v) is 1.31. The van der Waals surface area contributed by atoms with Gasteiger partial charge in [0.05, 0.1) is 19.0 Å². The summed E-state index contributed by atoms with van der Waals surface area (Å²) >= 11 is 0. The van der Waals surface area contributed by atoms with Crippen molar-refractivity contribution in [2.24, 2.45) is 0 Å². The number of rotatable bonds is 3. The molecule has 5 heteroatoms. The Bertz CT molecular complexity index is 468. The summed E-state index contributed by atoms with van der Waals surface area (Å²) in [5.41, 5.74) is 0.959. The standard InChI is InChI=1S/C10H9N5/c11-7-4-8-15-10(12-13-14-15)9-5-2-1-3-6-9/h1-3,5-6H,4,8H2. The number of hydrogen-bond donors (Lipinski definition) is 0. The Morgan fingerprint density at radius 1 is 1.27 bits per heavy atom. The van der Waals surface area contributed by atoms with Crippen LogP contribution in [0.3, 0.4) is 0 Å². The van der Waals surface area contributed by atoms with Gasteiger partial charge in [-0.05, 0) is 10.4 Å². The van der Waals surface area contributed by atoms with Crippen molar-refractivity contribution in [2.75, 3.05) is 0 Å². The zero-order chi connectivity index (χ0) is 10.5. The molecule has 0 radical (unpaired) electrons. The Morgan fingerprint density at radius 3 is 2.80 bits per heavy atom. The maximum Gasteiger partial charge on any atom is 0.182 e. The van der Waals surface area contributed by atoms with E-state index in [0.717, 1.165) is 5.56 Å². The van der Waals surface area contributed by atoms with Crippen LogP contribution in [0.15, 0.2) is 30.3 Å². The summed E-state index contributed by atoms with van der Waals surface area (Å²) in [6, 6.07) is 11.7. The number of nitrogens with zero attached hydrogens (tertiary/aromatic N) is 5. The molecular formula is C10H9N5. The summed E-state index contributed by atoms with van der Waals surface area (Å²) in [4.78, 5) is 0. The highest BCUT2D eigenvalue weighted by atomic mass is 15.5. The van der Waals surface area contributed by atoms with Crippen molar-refractivity contribution in [2.45, 2.75) is 13.0 Å². The van der Waals surface area contributed by atoms with Crippen molar-refractivity contribution in [3.8, 4) is 17.5 Å². The van der Waals surface area contributed by atoms with Gasteiger partial charge < -0.3 is 0 Å². The third-order valence-corrected chi connectivity index (χ3v) is 2.00. The smallest absolute Gasteiger partial charge is 0.182 e. The van der Waals surface area contributed by atoms with E-state index in [1.807, 2.05) is 30.3 Å². The number of aromatic nitrogens is 4. The van der Waals surface area contributed by atoms with E-state index < -0.39 is 0 Å². The summed E-state index contributed by atoms with van der Waals surface area (Å²) in [5.74, 6) is 0.700. The number of benzene rings is 1. The van der Waals surface area contributed by atoms with Gasteiger partial charge in [-0.1, -0.05) is 30.3 Å². The quantitative estimate of drug-likeness (QED) is 0.746. The van der Waals surface area contributed by atoms with E-state index >= 15 is 0 Å². The summed E-state index contributed by atoms with van der Waals surface area (Å²) in [5, 5.41) is 19.9. The molecule has 0 saturated carbocycles. The van der Waals surface area contributed by atoms with Crippen LogP contribution >= 0.6 is 0 Å².